The van der Waals surface area contributed by atoms with Gasteiger partial charge in [-0.25, -0.2) is 0 Å². The lowest BCUT2D eigenvalue weighted by molar-refractivity contribution is -0.142. The van der Waals surface area contributed by atoms with Crippen molar-refractivity contribution in [3.63, 3.8) is 0 Å². The van der Waals surface area contributed by atoms with Crippen LogP contribution in [0.3, 0.4) is 0 Å². The van der Waals surface area contributed by atoms with Gasteiger partial charge in [0.2, 0.25) is 0 Å². The number of carbonyl (C=O) groups excluding carboxylic acids is 1. The highest BCUT2D eigenvalue weighted by atomic mass is 16.5. The number of rotatable bonds is 5. The molecule has 0 radical (unpaired) electrons. The van der Waals surface area contributed by atoms with Gasteiger partial charge in [-0.1, -0.05) is 30.3 Å². The first-order valence-electron chi connectivity index (χ1n) is 6.34. The van der Waals surface area contributed by atoms with Crippen molar-refractivity contribution in [2.45, 2.75) is 12.5 Å². The van der Waals surface area contributed by atoms with Crippen LogP contribution < -0.4 is 10.5 Å². The molecule has 0 aromatic heterocycles. The molecule has 4 heteroatoms. The molecule has 4 nitrogen and oxygen atoms in total. The summed E-state index contributed by atoms with van der Waals surface area (Å²) in [5, 5.41) is 0. The molecule has 0 saturated carbocycles. The number of para-hydroxylation sites is 1. The standard InChI is InChI=1S/C16H17NO3/c1-19-16(18)15(17)11-12-7-9-14(10-8-12)20-13-5-3-2-4-6-13/h2-10,15H,11,17H2,1H3/t15-/m0/s1. The summed E-state index contributed by atoms with van der Waals surface area (Å²) < 4.78 is 10.3. The Labute approximate surface area is 118 Å². The maximum atomic E-state index is 11.3. The molecule has 1 atom stereocenters. The predicted octanol–water partition coefficient (Wildman–Crippen LogP) is 2.52. The fourth-order valence-corrected chi connectivity index (χ4v) is 1.81. The van der Waals surface area contributed by atoms with Crippen molar-refractivity contribution in [1.29, 1.82) is 0 Å². The highest BCUT2D eigenvalue weighted by molar-refractivity contribution is 5.75. The van der Waals surface area contributed by atoms with E-state index in [1.54, 1.807) is 0 Å². The van der Waals surface area contributed by atoms with Crippen molar-refractivity contribution in [2.24, 2.45) is 5.73 Å². The molecule has 2 rings (SSSR count). The number of hydrogen-bond acceptors (Lipinski definition) is 4. The van der Waals surface area contributed by atoms with Crippen LogP contribution >= 0.6 is 0 Å². The van der Waals surface area contributed by atoms with Crippen LogP contribution in [0.15, 0.2) is 54.6 Å². The molecule has 0 saturated heterocycles. The van der Waals surface area contributed by atoms with Gasteiger partial charge in [-0.15, -0.1) is 0 Å². The zero-order valence-corrected chi connectivity index (χ0v) is 11.3. The molecular formula is C16H17NO3. The maximum absolute atomic E-state index is 11.3. The smallest absolute Gasteiger partial charge is 0.322 e. The van der Waals surface area contributed by atoms with Gasteiger partial charge in [0.05, 0.1) is 7.11 Å². The number of carbonyl (C=O) groups is 1. The van der Waals surface area contributed by atoms with Crippen LogP contribution in [0, 0.1) is 0 Å². The first-order valence-corrected chi connectivity index (χ1v) is 6.34. The van der Waals surface area contributed by atoms with Crippen LogP contribution in [-0.2, 0) is 16.0 Å². The predicted molar refractivity (Wildman–Crippen MR) is 76.7 cm³/mol. The van der Waals surface area contributed by atoms with Gasteiger partial charge >= 0.3 is 5.97 Å². The van der Waals surface area contributed by atoms with E-state index in [1.165, 1.54) is 7.11 Å². The van der Waals surface area contributed by atoms with Crippen molar-refractivity contribution in [3.8, 4) is 11.5 Å². The molecule has 0 aliphatic rings. The Hall–Kier alpha value is -2.33. The van der Waals surface area contributed by atoms with Crippen molar-refractivity contribution >= 4 is 5.97 Å². The molecule has 0 bridgehead atoms. The monoisotopic (exact) mass is 271 g/mol. The fraction of sp³-hybridized carbons (Fsp3) is 0.188. The van der Waals surface area contributed by atoms with Gasteiger partial charge in [-0.05, 0) is 36.2 Å². The van der Waals surface area contributed by atoms with E-state index in [0.717, 1.165) is 17.1 Å². The molecule has 0 fully saturated rings. The molecule has 104 valence electrons. The van der Waals surface area contributed by atoms with E-state index in [4.69, 9.17) is 10.5 Å². The van der Waals surface area contributed by atoms with E-state index in [2.05, 4.69) is 4.74 Å². The average molecular weight is 271 g/mol. The zero-order valence-electron chi connectivity index (χ0n) is 11.3. The Morgan fingerprint density at radius 2 is 1.65 bits per heavy atom. The van der Waals surface area contributed by atoms with E-state index in [1.807, 2.05) is 54.6 Å². The molecule has 0 aliphatic carbocycles. The van der Waals surface area contributed by atoms with Gasteiger partial charge in [-0.2, -0.15) is 0 Å². The molecule has 0 heterocycles. The average Bonchev–Trinajstić information content (AvgIpc) is 2.49. The Morgan fingerprint density at radius 3 is 2.25 bits per heavy atom. The second-order valence-corrected chi connectivity index (χ2v) is 4.39. The molecule has 2 aromatic carbocycles. The third kappa shape index (κ3) is 3.83. The molecular weight excluding hydrogens is 254 g/mol. The van der Waals surface area contributed by atoms with Gasteiger partial charge in [0.1, 0.15) is 17.5 Å². The lowest BCUT2D eigenvalue weighted by Crippen LogP contribution is -2.33. The molecule has 0 unspecified atom stereocenters. The molecule has 0 aliphatic heterocycles. The van der Waals surface area contributed by atoms with Gasteiger partial charge < -0.3 is 15.2 Å². The summed E-state index contributed by atoms with van der Waals surface area (Å²) in [7, 11) is 1.33. The van der Waals surface area contributed by atoms with Gasteiger partial charge in [0.25, 0.3) is 0 Å². The summed E-state index contributed by atoms with van der Waals surface area (Å²) >= 11 is 0. The number of benzene rings is 2. The van der Waals surface area contributed by atoms with E-state index in [0.29, 0.717) is 6.42 Å². The summed E-state index contributed by atoms with van der Waals surface area (Å²) in [4.78, 5) is 11.3. The first kappa shape index (κ1) is 14.1. The molecule has 2 aromatic rings. The lowest BCUT2D eigenvalue weighted by Gasteiger charge is -2.10. The number of methoxy groups -OCH3 is 1. The van der Waals surface area contributed by atoms with Gasteiger partial charge in [0.15, 0.2) is 0 Å². The van der Waals surface area contributed by atoms with Crippen LogP contribution in [0.5, 0.6) is 11.5 Å². The normalized spacial score (nSPS) is 11.7. The van der Waals surface area contributed by atoms with Crippen LogP contribution in [0.1, 0.15) is 5.56 Å². The number of esters is 1. The van der Waals surface area contributed by atoms with Crippen molar-refractivity contribution in [3.05, 3.63) is 60.2 Å². The number of nitrogens with two attached hydrogens (primary N) is 1. The van der Waals surface area contributed by atoms with Crippen molar-refractivity contribution in [2.75, 3.05) is 7.11 Å². The second-order valence-electron chi connectivity index (χ2n) is 4.39. The highest BCUT2D eigenvalue weighted by Crippen LogP contribution is 2.21. The summed E-state index contributed by atoms with van der Waals surface area (Å²) in [6.07, 6.45) is 0.443. The Bertz CT molecular complexity index is 552. The Morgan fingerprint density at radius 1 is 1.05 bits per heavy atom. The quantitative estimate of drug-likeness (QED) is 0.849. The zero-order chi connectivity index (χ0) is 14.4. The van der Waals surface area contributed by atoms with E-state index in [-0.39, 0.29) is 0 Å². The SMILES string of the molecule is COC(=O)[C@@H](N)Cc1ccc(Oc2ccccc2)cc1. The maximum Gasteiger partial charge on any atom is 0.322 e. The van der Waals surface area contributed by atoms with Crippen LogP contribution in [0.2, 0.25) is 0 Å². The largest absolute Gasteiger partial charge is 0.468 e. The van der Waals surface area contributed by atoms with Crippen LogP contribution in [-0.4, -0.2) is 19.1 Å². The minimum Gasteiger partial charge on any atom is -0.468 e. The fourth-order valence-electron chi connectivity index (χ4n) is 1.81. The topological polar surface area (TPSA) is 61.5 Å². The first-order chi connectivity index (χ1) is 9.69. The minimum atomic E-state index is -0.638. The van der Waals surface area contributed by atoms with Crippen LogP contribution in [0.25, 0.3) is 0 Å². The Kier molecular flexibility index (Phi) is 4.74. The van der Waals surface area contributed by atoms with Gasteiger partial charge in [0, 0.05) is 0 Å². The second kappa shape index (κ2) is 6.73. The molecule has 0 amide bonds. The van der Waals surface area contributed by atoms with E-state index >= 15 is 0 Å². The third-order valence-electron chi connectivity index (χ3n) is 2.86. The summed E-state index contributed by atoms with van der Waals surface area (Å²) in [6.45, 7) is 0. The summed E-state index contributed by atoms with van der Waals surface area (Å²) in [5.74, 6) is 1.12. The minimum absolute atomic E-state index is 0.408. The van der Waals surface area contributed by atoms with Crippen molar-refractivity contribution in [1.82, 2.24) is 0 Å². The van der Waals surface area contributed by atoms with E-state index in [9.17, 15) is 4.79 Å². The summed E-state index contributed by atoms with van der Waals surface area (Å²) in [6, 6.07) is 16.4. The molecule has 20 heavy (non-hydrogen) atoms. The lowest BCUT2D eigenvalue weighted by atomic mass is 10.1. The van der Waals surface area contributed by atoms with Gasteiger partial charge in [-0.3, -0.25) is 4.79 Å². The summed E-state index contributed by atoms with van der Waals surface area (Å²) in [5.41, 5.74) is 6.68. The number of ether oxygens (including phenoxy) is 2. The highest BCUT2D eigenvalue weighted by Gasteiger charge is 2.13. The third-order valence-corrected chi connectivity index (χ3v) is 2.86. The van der Waals surface area contributed by atoms with Crippen LogP contribution in [0.4, 0.5) is 0 Å². The number of hydrogen-bond donors (Lipinski definition) is 1. The van der Waals surface area contributed by atoms with Crippen molar-refractivity contribution < 1.29 is 14.3 Å². The van der Waals surface area contributed by atoms with E-state index < -0.39 is 12.0 Å². The molecule has 2 N–H and O–H groups in total. The Balaban J connectivity index is 1.98. The molecule has 0 spiro atoms.